The van der Waals surface area contributed by atoms with Gasteiger partial charge >= 0.3 is 0 Å². The zero-order chi connectivity index (χ0) is 20.7. The fourth-order valence-electron chi connectivity index (χ4n) is 4.19. The van der Waals surface area contributed by atoms with E-state index in [9.17, 15) is 9.18 Å². The Bertz CT molecular complexity index is 1210. The van der Waals surface area contributed by atoms with Crippen LogP contribution in [-0.2, 0) is 7.05 Å². The number of likely N-dealkylation sites (tertiary alicyclic amines) is 1. The lowest BCUT2D eigenvalue weighted by Crippen LogP contribution is -2.39. The number of rotatable bonds is 3. The Balaban J connectivity index is 1.36. The highest BCUT2D eigenvalue weighted by atomic mass is 19.1. The Hall–Kier alpha value is -3.48. The number of amides is 1. The summed E-state index contributed by atoms with van der Waals surface area (Å²) in [5.74, 6) is 1.14. The molecule has 1 atom stereocenters. The molecule has 1 saturated heterocycles. The summed E-state index contributed by atoms with van der Waals surface area (Å²) in [5.41, 5.74) is 3.01. The van der Waals surface area contributed by atoms with Gasteiger partial charge in [0, 0.05) is 37.7 Å². The number of hydrogen-bond acceptors (Lipinski definition) is 4. The van der Waals surface area contributed by atoms with Crippen molar-refractivity contribution in [3.05, 3.63) is 71.9 Å². The number of imidazole rings is 1. The van der Waals surface area contributed by atoms with Crippen LogP contribution in [0.5, 0.6) is 0 Å². The molecule has 1 unspecified atom stereocenters. The standard InChI is InChI=1S/C23H21FN4O2/c1-27-20-7-3-2-6-18(20)25-22(27)16-5-4-12-28(14-16)23(29)19-13-21(30-26-19)15-8-10-17(24)11-9-15/h2-3,6-11,13,16H,4-5,12,14H2,1H3. The van der Waals surface area contributed by atoms with E-state index in [1.54, 1.807) is 18.2 Å². The van der Waals surface area contributed by atoms with Crippen molar-refractivity contribution in [1.82, 2.24) is 19.6 Å². The number of fused-ring (bicyclic) bond motifs is 1. The van der Waals surface area contributed by atoms with Gasteiger partial charge in [0.15, 0.2) is 11.5 Å². The number of hydrogen-bond donors (Lipinski definition) is 0. The first kappa shape index (κ1) is 18.5. The Morgan fingerprint density at radius 2 is 1.97 bits per heavy atom. The van der Waals surface area contributed by atoms with Crippen molar-refractivity contribution in [1.29, 1.82) is 0 Å². The Kier molecular flexibility index (Phi) is 4.58. The normalized spacial score (nSPS) is 16.9. The molecule has 4 aromatic rings. The molecule has 0 aliphatic carbocycles. The molecule has 152 valence electrons. The first-order valence-corrected chi connectivity index (χ1v) is 10.0. The highest BCUT2D eigenvalue weighted by Gasteiger charge is 2.30. The lowest BCUT2D eigenvalue weighted by Gasteiger charge is -2.31. The van der Waals surface area contributed by atoms with Gasteiger partial charge in [-0.25, -0.2) is 9.37 Å². The average molecular weight is 404 g/mol. The van der Waals surface area contributed by atoms with E-state index in [4.69, 9.17) is 9.51 Å². The molecule has 0 radical (unpaired) electrons. The lowest BCUT2D eigenvalue weighted by molar-refractivity contribution is 0.0693. The Morgan fingerprint density at radius 1 is 1.17 bits per heavy atom. The van der Waals surface area contributed by atoms with Crippen molar-refractivity contribution in [3.8, 4) is 11.3 Å². The Morgan fingerprint density at radius 3 is 2.77 bits per heavy atom. The predicted molar refractivity (Wildman–Crippen MR) is 110 cm³/mol. The van der Waals surface area contributed by atoms with E-state index in [0.717, 1.165) is 29.7 Å². The molecule has 1 aliphatic rings. The quantitative estimate of drug-likeness (QED) is 0.508. The maximum atomic E-state index is 13.1. The highest BCUT2D eigenvalue weighted by molar-refractivity contribution is 5.93. The van der Waals surface area contributed by atoms with E-state index >= 15 is 0 Å². The van der Waals surface area contributed by atoms with E-state index in [1.165, 1.54) is 12.1 Å². The molecule has 0 saturated carbocycles. The smallest absolute Gasteiger partial charge is 0.276 e. The van der Waals surface area contributed by atoms with Crippen LogP contribution >= 0.6 is 0 Å². The molecular formula is C23H21FN4O2. The second kappa shape index (κ2) is 7.40. The van der Waals surface area contributed by atoms with Gasteiger partial charge < -0.3 is 14.0 Å². The third-order valence-corrected chi connectivity index (χ3v) is 5.75. The van der Waals surface area contributed by atoms with Gasteiger partial charge in [0.25, 0.3) is 5.91 Å². The third kappa shape index (κ3) is 3.26. The largest absolute Gasteiger partial charge is 0.355 e. The van der Waals surface area contributed by atoms with E-state index < -0.39 is 0 Å². The minimum atomic E-state index is -0.323. The van der Waals surface area contributed by atoms with Crippen molar-refractivity contribution in [2.45, 2.75) is 18.8 Å². The van der Waals surface area contributed by atoms with Gasteiger partial charge in [0.05, 0.1) is 11.0 Å². The topological polar surface area (TPSA) is 64.2 Å². The fourth-order valence-corrected chi connectivity index (χ4v) is 4.19. The van der Waals surface area contributed by atoms with Gasteiger partial charge in [0.2, 0.25) is 0 Å². The average Bonchev–Trinajstić information content (AvgIpc) is 3.40. The first-order valence-electron chi connectivity index (χ1n) is 10.0. The molecule has 0 N–H and O–H groups in total. The number of carbonyl (C=O) groups is 1. The molecule has 0 spiro atoms. The molecule has 7 heteroatoms. The van der Waals surface area contributed by atoms with Crippen molar-refractivity contribution >= 4 is 16.9 Å². The van der Waals surface area contributed by atoms with Crippen LogP contribution in [0, 0.1) is 5.82 Å². The van der Waals surface area contributed by atoms with E-state index in [-0.39, 0.29) is 23.3 Å². The van der Waals surface area contributed by atoms with Crippen molar-refractivity contribution in [2.24, 2.45) is 7.05 Å². The van der Waals surface area contributed by atoms with E-state index in [1.807, 2.05) is 30.1 Å². The molecular weight excluding hydrogens is 383 g/mol. The SMILES string of the molecule is Cn1c(C2CCCN(C(=O)c3cc(-c4ccc(F)cc4)on3)C2)nc2ccccc21. The molecule has 1 amide bonds. The van der Waals surface area contributed by atoms with E-state index in [2.05, 4.69) is 15.8 Å². The summed E-state index contributed by atoms with van der Waals surface area (Å²) in [7, 11) is 2.03. The van der Waals surface area contributed by atoms with Gasteiger partial charge in [-0.1, -0.05) is 17.3 Å². The molecule has 5 rings (SSSR count). The van der Waals surface area contributed by atoms with Gasteiger partial charge in [-0.15, -0.1) is 0 Å². The molecule has 1 fully saturated rings. The van der Waals surface area contributed by atoms with Crippen LogP contribution in [0.2, 0.25) is 0 Å². The maximum Gasteiger partial charge on any atom is 0.276 e. The minimum Gasteiger partial charge on any atom is -0.355 e. The lowest BCUT2D eigenvalue weighted by atomic mass is 9.97. The summed E-state index contributed by atoms with van der Waals surface area (Å²) >= 11 is 0. The summed E-state index contributed by atoms with van der Waals surface area (Å²) in [6, 6.07) is 15.6. The summed E-state index contributed by atoms with van der Waals surface area (Å²) in [6.45, 7) is 1.27. The van der Waals surface area contributed by atoms with E-state index in [0.29, 0.717) is 24.4 Å². The van der Waals surface area contributed by atoms with Gasteiger partial charge in [0.1, 0.15) is 11.6 Å². The zero-order valence-electron chi connectivity index (χ0n) is 16.6. The number of nitrogens with zero attached hydrogens (tertiary/aromatic N) is 4. The monoisotopic (exact) mass is 404 g/mol. The fraction of sp³-hybridized carbons (Fsp3) is 0.261. The van der Waals surface area contributed by atoms with Gasteiger partial charge in [-0.05, 0) is 49.2 Å². The molecule has 6 nitrogen and oxygen atoms in total. The van der Waals surface area contributed by atoms with Crippen LogP contribution in [0.4, 0.5) is 4.39 Å². The molecule has 2 aromatic carbocycles. The molecule has 0 bridgehead atoms. The second-order valence-electron chi connectivity index (χ2n) is 7.69. The summed E-state index contributed by atoms with van der Waals surface area (Å²) in [5, 5.41) is 3.96. The minimum absolute atomic E-state index is 0.157. The van der Waals surface area contributed by atoms with Gasteiger partial charge in [-0.2, -0.15) is 0 Å². The summed E-state index contributed by atoms with van der Waals surface area (Å²) < 4.78 is 20.6. The molecule has 3 heterocycles. The van der Waals surface area contributed by atoms with Crippen LogP contribution < -0.4 is 0 Å². The molecule has 2 aromatic heterocycles. The van der Waals surface area contributed by atoms with Crippen LogP contribution in [0.15, 0.2) is 59.1 Å². The number of carbonyl (C=O) groups excluding carboxylic acids is 1. The van der Waals surface area contributed by atoms with Crippen LogP contribution in [0.3, 0.4) is 0 Å². The maximum absolute atomic E-state index is 13.1. The Labute approximate surface area is 172 Å². The summed E-state index contributed by atoms with van der Waals surface area (Å²) in [4.78, 5) is 19.7. The summed E-state index contributed by atoms with van der Waals surface area (Å²) in [6.07, 6.45) is 1.89. The number of piperidine rings is 1. The predicted octanol–water partition coefficient (Wildman–Crippen LogP) is 4.39. The van der Waals surface area contributed by atoms with Crippen LogP contribution in [0.1, 0.15) is 35.1 Å². The van der Waals surface area contributed by atoms with Crippen molar-refractivity contribution in [3.63, 3.8) is 0 Å². The van der Waals surface area contributed by atoms with Crippen molar-refractivity contribution < 1.29 is 13.7 Å². The van der Waals surface area contributed by atoms with Crippen LogP contribution in [0.25, 0.3) is 22.4 Å². The first-order chi connectivity index (χ1) is 14.6. The zero-order valence-corrected chi connectivity index (χ0v) is 16.6. The third-order valence-electron chi connectivity index (χ3n) is 5.75. The van der Waals surface area contributed by atoms with Gasteiger partial charge in [-0.3, -0.25) is 4.79 Å². The van der Waals surface area contributed by atoms with Crippen molar-refractivity contribution in [2.75, 3.05) is 13.1 Å². The number of aromatic nitrogens is 3. The number of para-hydroxylation sites is 2. The highest BCUT2D eigenvalue weighted by Crippen LogP contribution is 2.30. The molecule has 30 heavy (non-hydrogen) atoms. The number of aryl methyl sites for hydroxylation is 1. The van der Waals surface area contributed by atoms with Crippen LogP contribution in [-0.4, -0.2) is 38.6 Å². The number of halogens is 1. The molecule has 1 aliphatic heterocycles. The second-order valence-corrected chi connectivity index (χ2v) is 7.69. The number of benzene rings is 2.